The number of benzene rings is 1. The van der Waals surface area contributed by atoms with Crippen molar-refractivity contribution in [3.8, 4) is 11.1 Å². The van der Waals surface area contributed by atoms with Crippen LogP contribution >= 0.6 is 23.1 Å². The molecular formula is C22H23F3N4OS2. The second-order valence-corrected chi connectivity index (χ2v) is 10.4. The molecule has 0 aliphatic heterocycles. The van der Waals surface area contributed by atoms with E-state index in [4.69, 9.17) is 0 Å². The topological polar surface area (TPSA) is 59.0 Å². The monoisotopic (exact) mass is 480 g/mol. The Morgan fingerprint density at radius 2 is 1.75 bits per heavy atom. The molecule has 5 nitrogen and oxygen atoms in total. The molecule has 32 heavy (non-hydrogen) atoms. The Balaban J connectivity index is 1.63. The first kappa shape index (κ1) is 24.2. The van der Waals surface area contributed by atoms with Crippen LogP contribution in [0.15, 0.2) is 46.4 Å². The minimum atomic E-state index is -4.36. The lowest BCUT2D eigenvalue weighted by molar-refractivity contribution is -0.137. The molecule has 0 aliphatic rings. The Hall–Kier alpha value is -2.46. The second kappa shape index (κ2) is 9.99. The Bertz CT molecular complexity index is 1030. The highest BCUT2D eigenvalue weighted by atomic mass is 32.2. The first-order valence-electron chi connectivity index (χ1n) is 9.95. The number of hydrogen-bond donors (Lipinski definition) is 0. The van der Waals surface area contributed by atoms with Crippen LogP contribution in [0.2, 0.25) is 0 Å². The van der Waals surface area contributed by atoms with Crippen molar-refractivity contribution in [3.05, 3.63) is 53.3 Å². The number of alkyl halides is 3. The summed E-state index contributed by atoms with van der Waals surface area (Å²) in [6.07, 6.45) is 0.501. The number of hydrogen-bond acceptors (Lipinski definition) is 7. The van der Waals surface area contributed by atoms with Crippen LogP contribution < -0.4 is 4.90 Å². The lowest BCUT2D eigenvalue weighted by atomic mass is 10.1. The number of likely N-dealkylation sites (N-methyl/N-ethyl adjacent to an activating group) is 1. The number of carbonyl (C=O) groups excluding carboxylic acids is 1. The zero-order chi connectivity index (χ0) is 23.4. The number of nitrogens with zero attached hydrogens (tertiary/aromatic N) is 4. The molecule has 170 valence electrons. The normalized spacial score (nSPS) is 12.1. The van der Waals surface area contributed by atoms with Crippen molar-refractivity contribution in [2.24, 2.45) is 0 Å². The van der Waals surface area contributed by atoms with Gasteiger partial charge in [-0.25, -0.2) is 15.0 Å². The molecule has 3 aromatic rings. The fraction of sp³-hybridized carbons (Fsp3) is 0.364. The number of halogens is 3. The molecule has 0 saturated heterocycles. The molecule has 0 amide bonds. The van der Waals surface area contributed by atoms with Crippen molar-refractivity contribution in [3.63, 3.8) is 0 Å². The summed E-state index contributed by atoms with van der Waals surface area (Å²) in [5, 5.41) is 1.99. The lowest BCUT2D eigenvalue weighted by Crippen LogP contribution is -2.27. The average Bonchev–Trinajstić information content (AvgIpc) is 3.20. The molecule has 2 heterocycles. The molecule has 1 aromatic carbocycles. The van der Waals surface area contributed by atoms with E-state index in [0.29, 0.717) is 36.6 Å². The van der Waals surface area contributed by atoms with Crippen molar-refractivity contribution in [1.82, 2.24) is 15.0 Å². The van der Waals surface area contributed by atoms with Crippen LogP contribution in [-0.4, -0.2) is 39.1 Å². The highest BCUT2D eigenvalue weighted by molar-refractivity contribution is 8.02. The van der Waals surface area contributed by atoms with Crippen molar-refractivity contribution in [1.29, 1.82) is 0 Å². The minimum Gasteiger partial charge on any atom is -0.341 e. The van der Waals surface area contributed by atoms with Crippen LogP contribution in [0.1, 0.15) is 32.0 Å². The highest BCUT2D eigenvalue weighted by Gasteiger charge is 2.30. The van der Waals surface area contributed by atoms with Gasteiger partial charge in [0, 0.05) is 42.8 Å². The van der Waals surface area contributed by atoms with E-state index in [0.717, 1.165) is 28.5 Å². The van der Waals surface area contributed by atoms with Gasteiger partial charge in [-0.05, 0) is 38.5 Å². The quantitative estimate of drug-likeness (QED) is 0.287. The molecule has 0 fully saturated rings. The van der Waals surface area contributed by atoms with Gasteiger partial charge >= 0.3 is 6.18 Å². The summed E-state index contributed by atoms with van der Waals surface area (Å²) in [5.41, 5.74) is 1.53. The van der Waals surface area contributed by atoms with Gasteiger partial charge in [-0.3, -0.25) is 0 Å². The van der Waals surface area contributed by atoms with E-state index in [2.05, 4.69) is 15.0 Å². The van der Waals surface area contributed by atoms with Gasteiger partial charge in [0.1, 0.15) is 6.29 Å². The predicted molar refractivity (Wildman–Crippen MR) is 122 cm³/mol. The maximum absolute atomic E-state index is 12.7. The van der Waals surface area contributed by atoms with Gasteiger partial charge in [-0.2, -0.15) is 13.2 Å². The Morgan fingerprint density at radius 1 is 1.09 bits per heavy atom. The number of anilines is 1. The molecule has 0 saturated carbocycles. The molecule has 0 bridgehead atoms. The predicted octanol–water partition coefficient (Wildman–Crippen LogP) is 5.76. The average molecular weight is 481 g/mol. The van der Waals surface area contributed by atoms with E-state index in [9.17, 15) is 18.0 Å². The van der Waals surface area contributed by atoms with E-state index >= 15 is 0 Å². The lowest BCUT2D eigenvalue weighted by Gasteiger charge is -2.20. The van der Waals surface area contributed by atoms with Crippen LogP contribution in [0.25, 0.3) is 11.1 Å². The van der Waals surface area contributed by atoms with Crippen molar-refractivity contribution >= 4 is 35.3 Å². The number of aldehydes is 1. The number of rotatable bonds is 9. The Kier molecular flexibility index (Phi) is 7.55. The van der Waals surface area contributed by atoms with Crippen LogP contribution in [0.3, 0.4) is 0 Å². The molecule has 0 unspecified atom stereocenters. The Morgan fingerprint density at radius 3 is 2.31 bits per heavy atom. The number of thiazole rings is 1. The minimum absolute atomic E-state index is 0.507. The van der Waals surface area contributed by atoms with Gasteiger partial charge < -0.3 is 9.69 Å². The van der Waals surface area contributed by atoms with Crippen molar-refractivity contribution < 1.29 is 18.0 Å². The zero-order valence-corrected chi connectivity index (χ0v) is 19.5. The molecule has 0 N–H and O–H groups in total. The standard InChI is InChI=1S/C22H23F3N4OS2/c1-4-29(10-9-18-13-31-20(28-18)32-21(2,3)14-30)19-26-11-16(12-27-19)15-5-7-17(8-6-15)22(23,24)25/h5-8,11-14H,4,9-10H2,1-3H3. The van der Waals surface area contributed by atoms with Crippen molar-refractivity contribution in [2.45, 2.75) is 42.5 Å². The Labute approximate surface area is 193 Å². The number of aromatic nitrogens is 3. The summed E-state index contributed by atoms with van der Waals surface area (Å²) in [7, 11) is 0. The summed E-state index contributed by atoms with van der Waals surface area (Å²) in [6.45, 7) is 7.08. The third-order valence-electron chi connectivity index (χ3n) is 4.65. The summed E-state index contributed by atoms with van der Waals surface area (Å²) < 4.78 is 38.6. The van der Waals surface area contributed by atoms with Crippen LogP contribution in [-0.2, 0) is 17.4 Å². The summed E-state index contributed by atoms with van der Waals surface area (Å²) in [4.78, 5) is 26.5. The van der Waals surface area contributed by atoms with Gasteiger partial charge in [0.15, 0.2) is 4.34 Å². The smallest absolute Gasteiger partial charge is 0.341 e. The fourth-order valence-corrected chi connectivity index (χ4v) is 5.05. The van der Waals surface area contributed by atoms with Crippen LogP contribution in [0.4, 0.5) is 19.1 Å². The molecular weight excluding hydrogens is 457 g/mol. The van der Waals surface area contributed by atoms with E-state index in [-0.39, 0.29) is 0 Å². The van der Waals surface area contributed by atoms with Gasteiger partial charge in [-0.15, -0.1) is 11.3 Å². The van der Waals surface area contributed by atoms with Gasteiger partial charge in [-0.1, -0.05) is 23.9 Å². The van der Waals surface area contributed by atoms with Gasteiger partial charge in [0.2, 0.25) is 5.95 Å². The van der Waals surface area contributed by atoms with Gasteiger partial charge in [0.05, 0.1) is 16.0 Å². The van der Waals surface area contributed by atoms with E-state index in [1.165, 1.54) is 35.2 Å². The summed E-state index contributed by atoms with van der Waals surface area (Å²) >= 11 is 2.97. The molecule has 2 aromatic heterocycles. The molecule has 0 aliphatic carbocycles. The van der Waals surface area contributed by atoms with Gasteiger partial charge in [0.25, 0.3) is 0 Å². The summed E-state index contributed by atoms with van der Waals surface area (Å²) in [5.74, 6) is 0.551. The second-order valence-electron chi connectivity index (χ2n) is 7.60. The number of carbonyl (C=O) groups is 1. The van der Waals surface area contributed by atoms with Crippen LogP contribution in [0, 0.1) is 0 Å². The van der Waals surface area contributed by atoms with E-state index < -0.39 is 16.5 Å². The molecule has 0 atom stereocenters. The maximum Gasteiger partial charge on any atom is 0.416 e. The van der Waals surface area contributed by atoms with Crippen LogP contribution in [0.5, 0.6) is 0 Å². The first-order valence-corrected chi connectivity index (χ1v) is 11.7. The molecule has 3 rings (SSSR count). The number of thioether (sulfide) groups is 1. The van der Waals surface area contributed by atoms with Crippen molar-refractivity contribution in [2.75, 3.05) is 18.0 Å². The molecule has 0 spiro atoms. The third kappa shape index (κ3) is 6.29. The third-order valence-corrected chi connectivity index (χ3v) is 6.76. The summed E-state index contributed by atoms with van der Waals surface area (Å²) in [6, 6.07) is 4.95. The van der Waals surface area contributed by atoms with E-state index in [1.54, 1.807) is 12.4 Å². The largest absolute Gasteiger partial charge is 0.416 e. The first-order chi connectivity index (χ1) is 15.1. The maximum atomic E-state index is 12.7. The zero-order valence-electron chi connectivity index (χ0n) is 17.9. The molecule has 0 radical (unpaired) electrons. The SMILES string of the molecule is CCN(CCc1csc(SC(C)(C)C=O)n1)c1ncc(-c2ccc(C(F)(F)F)cc2)cn1. The highest BCUT2D eigenvalue weighted by Crippen LogP contribution is 2.33. The molecule has 10 heteroatoms. The fourth-order valence-electron chi connectivity index (χ4n) is 2.83. The van der Waals surface area contributed by atoms with E-state index in [1.807, 2.05) is 31.1 Å².